The van der Waals surface area contributed by atoms with Crippen LogP contribution in [0.1, 0.15) is 51.7 Å². The van der Waals surface area contributed by atoms with Gasteiger partial charge in [-0.2, -0.15) is 0 Å². The zero-order chi connectivity index (χ0) is 18.1. The first-order valence-electron chi connectivity index (χ1n) is 8.68. The largest absolute Gasteiger partial charge is 0.390 e. The van der Waals surface area contributed by atoms with Crippen molar-refractivity contribution in [3.63, 3.8) is 0 Å². The number of hydrogen-bond donors (Lipinski definition) is 1. The molecule has 0 aliphatic rings. The summed E-state index contributed by atoms with van der Waals surface area (Å²) in [4.78, 5) is 0. The van der Waals surface area contributed by atoms with E-state index >= 15 is 0 Å². The lowest BCUT2D eigenvalue weighted by Gasteiger charge is -2.26. The smallest absolute Gasteiger partial charge is 0.0896 e. The monoisotopic (exact) mass is 328 g/mol. The van der Waals surface area contributed by atoms with Crippen LogP contribution in [-0.2, 0) is 16.8 Å². The first-order chi connectivity index (χ1) is 11.3. The third-order valence-electron chi connectivity index (χ3n) is 4.38. The molecular formula is C22H32O2. The zero-order valence-electron chi connectivity index (χ0n) is 15.8. The topological polar surface area (TPSA) is 29.5 Å². The van der Waals surface area contributed by atoms with E-state index in [2.05, 4.69) is 38.1 Å². The molecule has 2 heteroatoms. The van der Waals surface area contributed by atoms with Gasteiger partial charge in [-0.3, -0.25) is 0 Å². The van der Waals surface area contributed by atoms with Crippen LogP contribution in [0.25, 0.3) is 0 Å². The molecular weight excluding hydrogens is 296 g/mol. The van der Waals surface area contributed by atoms with Gasteiger partial charge in [-0.15, -0.1) is 0 Å². The molecule has 24 heavy (non-hydrogen) atoms. The van der Waals surface area contributed by atoms with Crippen molar-refractivity contribution in [2.24, 2.45) is 0 Å². The van der Waals surface area contributed by atoms with E-state index in [9.17, 15) is 5.11 Å². The van der Waals surface area contributed by atoms with Crippen LogP contribution in [0.3, 0.4) is 0 Å². The van der Waals surface area contributed by atoms with Crippen LogP contribution in [-0.4, -0.2) is 17.8 Å². The van der Waals surface area contributed by atoms with Crippen LogP contribution >= 0.6 is 0 Å². The number of aryl methyl sites for hydroxylation is 1. The molecule has 0 heterocycles. The van der Waals surface area contributed by atoms with Gasteiger partial charge in [0.15, 0.2) is 0 Å². The number of rotatable bonds is 6. The first kappa shape index (κ1) is 20.4. The molecule has 0 spiro atoms. The Balaban J connectivity index is 0.000000240. The molecule has 0 radical (unpaired) electrons. The Hall–Kier alpha value is -1.64. The molecule has 0 aromatic heterocycles. The summed E-state index contributed by atoms with van der Waals surface area (Å²) in [7, 11) is 1.76. The average molecular weight is 328 g/mol. The summed E-state index contributed by atoms with van der Waals surface area (Å²) in [6.07, 6.45) is 2.76. The maximum atomic E-state index is 9.48. The van der Waals surface area contributed by atoms with E-state index in [1.165, 1.54) is 11.1 Å². The van der Waals surface area contributed by atoms with Crippen molar-refractivity contribution in [2.45, 2.75) is 58.2 Å². The number of hydrogen-bond acceptors (Lipinski definition) is 2. The molecule has 0 aliphatic carbocycles. The maximum absolute atomic E-state index is 9.48. The van der Waals surface area contributed by atoms with Gasteiger partial charge in [0.1, 0.15) is 0 Å². The summed E-state index contributed by atoms with van der Waals surface area (Å²) in [6.45, 7) is 7.94. The fourth-order valence-electron chi connectivity index (χ4n) is 2.35. The predicted molar refractivity (Wildman–Crippen MR) is 102 cm³/mol. The van der Waals surface area contributed by atoms with Gasteiger partial charge in [-0.25, -0.2) is 0 Å². The normalized spacial score (nSPS) is 13.6. The lowest BCUT2D eigenvalue weighted by molar-refractivity contribution is -0.00139. The highest BCUT2D eigenvalue weighted by Crippen LogP contribution is 2.27. The highest BCUT2D eigenvalue weighted by molar-refractivity contribution is 5.21. The molecule has 1 N–H and O–H groups in total. The molecule has 132 valence electrons. The van der Waals surface area contributed by atoms with Gasteiger partial charge in [0.25, 0.3) is 0 Å². The molecule has 0 saturated heterocycles. The second-order valence-corrected chi connectivity index (χ2v) is 6.95. The van der Waals surface area contributed by atoms with Crippen molar-refractivity contribution >= 4 is 0 Å². The Labute approximate surface area is 147 Å². The van der Waals surface area contributed by atoms with E-state index in [0.717, 1.165) is 19.3 Å². The standard InChI is InChI=1S/2C11H16O/c1-11(2,12)9-8-10-6-4-3-5-7-10;1-4-11(2,12-3)10-8-6-5-7-9-10/h3-7,12H,8-9H2,1-2H3;5-9H,4H2,1-3H3. The molecule has 0 amide bonds. The van der Waals surface area contributed by atoms with Crippen LogP contribution in [0.4, 0.5) is 0 Å². The minimum Gasteiger partial charge on any atom is -0.390 e. The summed E-state index contributed by atoms with van der Waals surface area (Å²) >= 11 is 0. The van der Waals surface area contributed by atoms with Crippen molar-refractivity contribution in [3.05, 3.63) is 71.8 Å². The minimum absolute atomic E-state index is 0.124. The molecule has 0 fully saturated rings. The zero-order valence-corrected chi connectivity index (χ0v) is 15.8. The van der Waals surface area contributed by atoms with E-state index in [-0.39, 0.29) is 5.60 Å². The van der Waals surface area contributed by atoms with Gasteiger partial charge in [0, 0.05) is 7.11 Å². The molecule has 2 aromatic rings. The molecule has 0 saturated carbocycles. The van der Waals surface area contributed by atoms with Crippen molar-refractivity contribution in [1.82, 2.24) is 0 Å². The van der Waals surface area contributed by atoms with E-state index < -0.39 is 5.60 Å². The summed E-state index contributed by atoms with van der Waals surface area (Å²) in [6, 6.07) is 20.6. The molecule has 0 aliphatic heterocycles. The lowest BCUT2D eigenvalue weighted by atomic mass is 9.93. The van der Waals surface area contributed by atoms with Crippen molar-refractivity contribution < 1.29 is 9.84 Å². The summed E-state index contributed by atoms with van der Waals surface area (Å²) < 4.78 is 5.47. The number of aliphatic hydroxyl groups is 1. The second-order valence-electron chi connectivity index (χ2n) is 6.95. The number of benzene rings is 2. The van der Waals surface area contributed by atoms with E-state index in [4.69, 9.17) is 4.74 Å². The van der Waals surface area contributed by atoms with Crippen LogP contribution in [0.5, 0.6) is 0 Å². The molecule has 0 bridgehead atoms. The molecule has 2 nitrogen and oxygen atoms in total. The minimum atomic E-state index is -0.546. The second kappa shape index (κ2) is 9.61. The Morgan fingerprint density at radius 1 is 0.875 bits per heavy atom. The highest BCUT2D eigenvalue weighted by Gasteiger charge is 2.22. The van der Waals surface area contributed by atoms with Crippen LogP contribution in [0.15, 0.2) is 60.7 Å². The van der Waals surface area contributed by atoms with Crippen LogP contribution in [0, 0.1) is 0 Å². The Kier molecular flexibility index (Phi) is 8.17. The van der Waals surface area contributed by atoms with Gasteiger partial charge in [-0.05, 0) is 51.2 Å². The quantitative estimate of drug-likeness (QED) is 0.774. The summed E-state index contributed by atoms with van der Waals surface area (Å²) in [5, 5.41) is 9.48. The Morgan fingerprint density at radius 2 is 1.38 bits per heavy atom. The third kappa shape index (κ3) is 7.29. The van der Waals surface area contributed by atoms with Crippen molar-refractivity contribution in [2.75, 3.05) is 7.11 Å². The molecule has 1 unspecified atom stereocenters. The molecule has 1 atom stereocenters. The van der Waals surface area contributed by atoms with E-state index in [0.29, 0.717) is 0 Å². The molecule has 2 aromatic carbocycles. The summed E-state index contributed by atoms with van der Waals surface area (Å²) in [5.74, 6) is 0. The predicted octanol–water partition coefficient (Wildman–Crippen LogP) is 5.35. The van der Waals surface area contributed by atoms with Gasteiger partial charge in [0.05, 0.1) is 11.2 Å². The average Bonchev–Trinajstić information content (AvgIpc) is 2.61. The summed E-state index contributed by atoms with van der Waals surface area (Å²) in [5.41, 5.74) is 1.87. The number of methoxy groups -OCH3 is 1. The first-order valence-corrected chi connectivity index (χ1v) is 8.68. The Morgan fingerprint density at radius 3 is 1.79 bits per heavy atom. The van der Waals surface area contributed by atoms with E-state index in [1.54, 1.807) is 7.11 Å². The maximum Gasteiger partial charge on any atom is 0.0896 e. The van der Waals surface area contributed by atoms with Crippen molar-refractivity contribution in [1.29, 1.82) is 0 Å². The van der Waals surface area contributed by atoms with Gasteiger partial charge < -0.3 is 9.84 Å². The third-order valence-corrected chi connectivity index (χ3v) is 4.38. The molecule has 2 rings (SSSR count). The number of ether oxygens (including phenoxy) is 1. The van der Waals surface area contributed by atoms with Gasteiger partial charge in [0.2, 0.25) is 0 Å². The van der Waals surface area contributed by atoms with Crippen molar-refractivity contribution in [3.8, 4) is 0 Å². The van der Waals surface area contributed by atoms with E-state index in [1.807, 2.05) is 50.2 Å². The Bertz CT molecular complexity index is 552. The fraction of sp³-hybridized carbons (Fsp3) is 0.455. The van der Waals surface area contributed by atoms with Gasteiger partial charge >= 0.3 is 0 Å². The van der Waals surface area contributed by atoms with Crippen LogP contribution < -0.4 is 0 Å². The highest BCUT2D eigenvalue weighted by atomic mass is 16.5. The SMILES string of the molecule is CC(C)(O)CCc1ccccc1.CCC(C)(OC)c1ccccc1. The van der Waals surface area contributed by atoms with Gasteiger partial charge in [-0.1, -0.05) is 67.6 Å². The fourth-order valence-corrected chi connectivity index (χ4v) is 2.35. The lowest BCUT2D eigenvalue weighted by Crippen LogP contribution is -2.22. The van der Waals surface area contributed by atoms with Crippen LogP contribution in [0.2, 0.25) is 0 Å².